The van der Waals surface area contributed by atoms with Gasteiger partial charge in [-0.2, -0.15) is 0 Å². The zero-order valence-corrected chi connectivity index (χ0v) is 13.1. The van der Waals surface area contributed by atoms with Crippen LogP contribution in [-0.2, 0) is 11.3 Å². The maximum absolute atomic E-state index is 12.0. The average molecular weight is 314 g/mol. The van der Waals surface area contributed by atoms with E-state index in [4.69, 9.17) is 0 Å². The van der Waals surface area contributed by atoms with E-state index in [1.807, 2.05) is 14.1 Å². The fourth-order valence-electron chi connectivity index (χ4n) is 2.13. The number of aromatic nitrogens is 4. The molecule has 1 amide bonds. The Balaban J connectivity index is 1.63. The van der Waals surface area contributed by atoms with Gasteiger partial charge in [0.05, 0.1) is 30.1 Å². The summed E-state index contributed by atoms with van der Waals surface area (Å²) in [6.07, 6.45) is 6.65. The molecule has 0 saturated heterocycles. The number of anilines is 2. The van der Waals surface area contributed by atoms with E-state index in [0.717, 1.165) is 18.5 Å². The number of amides is 1. The van der Waals surface area contributed by atoms with Gasteiger partial charge >= 0.3 is 0 Å². The fourth-order valence-corrected chi connectivity index (χ4v) is 2.13. The van der Waals surface area contributed by atoms with E-state index >= 15 is 0 Å². The summed E-state index contributed by atoms with van der Waals surface area (Å²) in [7, 11) is 3.66. The molecule has 2 aromatic heterocycles. The molecule has 2 aromatic rings. The molecule has 0 unspecified atom stereocenters. The average Bonchev–Trinajstić information content (AvgIpc) is 3.34. The fraction of sp³-hybridized carbons (Fsp3) is 0.400. The molecule has 0 aromatic carbocycles. The molecule has 1 aliphatic carbocycles. The maximum Gasteiger partial charge on any atom is 0.254 e. The van der Waals surface area contributed by atoms with Crippen LogP contribution in [0.3, 0.4) is 0 Å². The van der Waals surface area contributed by atoms with Crippen LogP contribution in [0.15, 0.2) is 29.6 Å². The number of nitrogens with one attached hydrogen (secondary N) is 1. The molecule has 8 nitrogen and oxygen atoms in total. The van der Waals surface area contributed by atoms with Crippen molar-refractivity contribution in [2.45, 2.75) is 25.3 Å². The van der Waals surface area contributed by atoms with E-state index < -0.39 is 0 Å². The van der Waals surface area contributed by atoms with Crippen molar-refractivity contribution in [3.63, 3.8) is 0 Å². The minimum Gasteiger partial charge on any atom is -0.347 e. The molecule has 0 aliphatic heterocycles. The van der Waals surface area contributed by atoms with Crippen LogP contribution in [0.4, 0.5) is 11.6 Å². The molecule has 0 spiro atoms. The van der Waals surface area contributed by atoms with Crippen molar-refractivity contribution in [3.8, 4) is 0 Å². The van der Waals surface area contributed by atoms with Gasteiger partial charge < -0.3 is 10.2 Å². The Labute approximate surface area is 133 Å². The maximum atomic E-state index is 12.0. The van der Waals surface area contributed by atoms with E-state index in [0.29, 0.717) is 17.6 Å². The third-order valence-corrected chi connectivity index (χ3v) is 3.53. The summed E-state index contributed by atoms with van der Waals surface area (Å²) in [6, 6.07) is 1.51. The highest BCUT2D eigenvalue weighted by Gasteiger charge is 2.25. The minimum atomic E-state index is -0.325. The van der Waals surface area contributed by atoms with Gasteiger partial charge in [-0.3, -0.25) is 14.2 Å². The summed E-state index contributed by atoms with van der Waals surface area (Å²) in [5.74, 6) is 0.645. The zero-order valence-electron chi connectivity index (χ0n) is 13.1. The lowest BCUT2D eigenvalue weighted by Crippen LogP contribution is -2.28. The van der Waals surface area contributed by atoms with Gasteiger partial charge in [-0.25, -0.2) is 15.0 Å². The van der Waals surface area contributed by atoms with Crippen LogP contribution < -0.4 is 15.8 Å². The standard InChI is InChI=1S/C15H18N6O2/c1-20(2)15-16-6-11(7-17-15)19-13(22)8-21-9-18-12(5-14(21)23)10-3-4-10/h5-7,9-10H,3-4,8H2,1-2H3,(H,19,22). The second kappa shape index (κ2) is 6.15. The summed E-state index contributed by atoms with van der Waals surface area (Å²) in [5, 5.41) is 2.66. The van der Waals surface area contributed by atoms with Crippen LogP contribution >= 0.6 is 0 Å². The SMILES string of the molecule is CN(C)c1ncc(NC(=O)Cn2cnc(C3CC3)cc2=O)cn1. The van der Waals surface area contributed by atoms with Gasteiger partial charge in [0.25, 0.3) is 5.56 Å². The molecular formula is C15H18N6O2. The summed E-state index contributed by atoms with van der Waals surface area (Å²) in [6.45, 7) is -0.0911. The van der Waals surface area contributed by atoms with Crippen molar-refractivity contribution in [3.05, 3.63) is 40.8 Å². The van der Waals surface area contributed by atoms with Crippen LogP contribution in [0.2, 0.25) is 0 Å². The first-order valence-electron chi connectivity index (χ1n) is 7.38. The quantitative estimate of drug-likeness (QED) is 0.869. The molecule has 1 N–H and O–H groups in total. The molecule has 2 heterocycles. The number of carbonyl (C=O) groups is 1. The normalized spacial score (nSPS) is 13.7. The molecular weight excluding hydrogens is 296 g/mol. The summed E-state index contributed by atoms with van der Waals surface area (Å²) >= 11 is 0. The first-order valence-corrected chi connectivity index (χ1v) is 7.38. The number of hydrogen-bond donors (Lipinski definition) is 1. The first-order chi connectivity index (χ1) is 11.0. The predicted molar refractivity (Wildman–Crippen MR) is 85.5 cm³/mol. The highest BCUT2D eigenvalue weighted by molar-refractivity contribution is 5.90. The van der Waals surface area contributed by atoms with Gasteiger partial charge in [0, 0.05) is 26.1 Å². The lowest BCUT2D eigenvalue weighted by atomic mass is 10.3. The number of carbonyl (C=O) groups excluding carboxylic acids is 1. The van der Waals surface area contributed by atoms with Gasteiger partial charge in [0.15, 0.2) is 0 Å². The first kappa shape index (κ1) is 15.1. The lowest BCUT2D eigenvalue weighted by molar-refractivity contribution is -0.116. The smallest absolute Gasteiger partial charge is 0.254 e. The van der Waals surface area contributed by atoms with Gasteiger partial charge in [-0.1, -0.05) is 0 Å². The van der Waals surface area contributed by atoms with Crippen LogP contribution in [0.5, 0.6) is 0 Å². The lowest BCUT2D eigenvalue weighted by Gasteiger charge is -2.10. The predicted octanol–water partition coefficient (Wildman–Crippen LogP) is 0.615. The second-order valence-corrected chi connectivity index (χ2v) is 5.77. The van der Waals surface area contributed by atoms with Crippen LogP contribution in [0.1, 0.15) is 24.5 Å². The van der Waals surface area contributed by atoms with Crippen LogP contribution in [0, 0.1) is 0 Å². The van der Waals surface area contributed by atoms with Crippen molar-refractivity contribution >= 4 is 17.5 Å². The molecule has 8 heteroatoms. The van der Waals surface area contributed by atoms with Crippen LogP contribution in [0.25, 0.3) is 0 Å². The van der Waals surface area contributed by atoms with Crippen molar-refractivity contribution in [2.24, 2.45) is 0 Å². The zero-order chi connectivity index (χ0) is 16.4. The largest absolute Gasteiger partial charge is 0.347 e. The molecule has 3 rings (SSSR count). The third kappa shape index (κ3) is 3.71. The Kier molecular flexibility index (Phi) is 4.05. The van der Waals surface area contributed by atoms with Crippen molar-refractivity contribution in [1.82, 2.24) is 19.5 Å². The van der Waals surface area contributed by atoms with E-state index in [-0.39, 0.29) is 18.0 Å². The Hall–Kier alpha value is -2.77. The van der Waals surface area contributed by atoms with Crippen molar-refractivity contribution in [2.75, 3.05) is 24.3 Å². The van der Waals surface area contributed by atoms with Crippen molar-refractivity contribution in [1.29, 1.82) is 0 Å². The highest BCUT2D eigenvalue weighted by atomic mass is 16.2. The van der Waals surface area contributed by atoms with E-state index in [9.17, 15) is 9.59 Å². The third-order valence-electron chi connectivity index (χ3n) is 3.53. The molecule has 1 fully saturated rings. The Morgan fingerprint density at radius 1 is 1.30 bits per heavy atom. The second-order valence-electron chi connectivity index (χ2n) is 5.77. The van der Waals surface area contributed by atoms with Gasteiger partial charge in [0.1, 0.15) is 6.54 Å². The summed E-state index contributed by atoms with van der Waals surface area (Å²) in [4.78, 5) is 38.2. The van der Waals surface area contributed by atoms with E-state index in [1.165, 1.54) is 29.4 Å². The molecule has 0 bridgehead atoms. The topological polar surface area (TPSA) is 93.0 Å². The van der Waals surface area contributed by atoms with Gasteiger partial charge in [0.2, 0.25) is 11.9 Å². The van der Waals surface area contributed by atoms with E-state index in [1.54, 1.807) is 4.90 Å². The molecule has 0 radical (unpaired) electrons. The molecule has 0 atom stereocenters. The number of nitrogens with zero attached hydrogens (tertiary/aromatic N) is 5. The minimum absolute atomic E-state index is 0.0911. The number of rotatable bonds is 5. The molecule has 1 saturated carbocycles. The van der Waals surface area contributed by atoms with Gasteiger partial charge in [-0.15, -0.1) is 0 Å². The van der Waals surface area contributed by atoms with Crippen LogP contribution in [-0.4, -0.2) is 39.5 Å². The Morgan fingerprint density at radius 2 is 2.00 bits per heavy atom. The molecule has 23 heavy (non-hydrogen) atoms. The Morgan fingerprint density at radius 3 is 2.57 bits per heavy atom. The Bertz CT molecular complexity index is 764. The number of hydrogen-bond acceptors (Lipinski definition) is 6. The van der Waals surface area contributed by atoms with E-state index in [2.05, 4.69) is 20.3 Å². The summed E-state index contributed by atoms with van der Waals surface area (Å²) < 4.78 is 1.29. The monoisotopic (exact) mass is 314 g/mol. The molecule has 120 valence electrons. The summed E-state index contributed by atoms with van der Waals surface area (Å²) in [5.41, 5.74) is 1.09. The van der Waals surface area contributed by atoms with Crippen molar-refractivity contribution < 1.29 is 4.79 Å². The molecule has 1 aliphatic rings. The highest BCUT2D eigenvalue weighted by Crippen LogP contribution is 2.38. The van der Waals surface area contributed by atoms with Gasteiger partial charge in [-0.05, 0) is 12.8 Å².